The highest BCUT2D eigenvalue weighted by atomic mass is 15.0. The van der Waals surface area contributed by atoms with Gasteiger partial charge in [0.05, 0.1) is 11.4 Å². The van der Waals surface area contributed by atoms with E-state index >= 15 is 0 Å². The van der Waals surface area contributed by atoms with E-state index in [1.807, 2.05) is 0 Å². The molecule has 0 spiro atoms. The summed E-state index contributed by atoms with van der Waals surface area (Å²) >= 11 is 0. The SMILES string of the molecule is CC(C)(C)c1ccc2c(c1)Cc1c-2ccc(C(C)(C)C)c1C1c2ccccc2-c2c1n(-c1ccccc1)c1ccccc21. The average Bonchev–Trinajstić information content (AvgIpc) is 3.63. The van der Waals surface area contributed by atoms with Gasteiger partial charge in [0.1, 0.15) is 0 Å². The third-order valence-electron chi connectivity index (χ3n) is 9.82. The quantitative estimate of drug-likeness (QED) is 0.199. The Balaban J connectivity index is 1.47. The fourth-order valence-electron chi connectivity index (χ4n) is 7.84. The number of aromatic nitrogens is 1. The summed E-state index contributed by atoms with van der Waals surface area (Å²) in [7, 11) is 0. The molecule has 8 rings (SSSR count). The summed E-state index contributed by atoms with van der Waals surface area (Å²) in [6, 6.07) is 41.2. The van der Waals surface area contributed by atoms with E-state index in [0.29, 0.717) is 0 Å². The van der Waals surface area contributed by atoms with Gasteiger partial charge in [-0.3, -0.25) is 0 Å². The molecule has 5 aromatic carbocycles. The molecule has 0 radical (unpaired) electrons. The van der Waals surface area contributed by atoms with Crippen LogP contribution in [0.3, 0.4) is 0 Å². The Morgan fingerprint density at radius 2 is 1.33 bits per heavy atom. The molecule has 6 aromatic rings. The van der Waals surface area contributed by atoms with Gasteiger partial charge < -0.3 is 4.57 Å². The van der Waals surface area contributed by atoms with Crippen molar-refractivity contribution in [2.24, 2.45) is 0 Å². The van der Waals surface area contributed by atoms with Crippen LogP contribution >= 0.6 is 0 Å². The Bertz CT molecular complexity index is 2040. The molecule has 0 amide bonds. The monoisotopic (exact) mass is 557 g/mol. The fourth-order valence-corrected chi connectivity index (χ4v) is 7.84. The molecule has 0 bridgehead atoms. The Morgan fingerprint density at radius 3 is 2.09 bits per heavy atom. The normalized spacial score (nSPS) is 15.3. The zero-order valence-corrected chi connectivity index (χ0v) is 26.1. The number of rotatable bonds is 2. The van der Waals surface area contributed by atoms with Crippen LogP contribution in [-0.2, 0) is 17.3 Å². The summed E-state index contributed by atoms with van der Waals surface area (Å²) in [6.07, 6.45) is 0.980. The number of benzene rings is 5. The molecule has 2 aliphatic rings. The van der Waals surface area contributed by atoms with Crippen LogP contribution < -0.4 is 0 Å². The molecule has 212 valence electrons. The van der Waals surface area contributed by atoms with Gasteiger partial charge in [0.15, 0.2) is 0 Å². The van der Waals surface area contributed by atoms with Crippen LogP contribution in [0.15, 0.2) is 109 Å². The van der Waals surface area contributed by atoms with Crippen molar-refractivity contribution in [3.8, 4) is 27.9 Å². The summed E-state index contributed by atoms with van der Waals surface area (Å²) in [5.41, 5.74) is 18.4. The molecule has 1 unspecified atom stereocenters. The molecule has 0 saturated carbocycles. The molecule has 1 aromatic heterocycles. The van der Waals surface area contributed by atoms with Gasteiger partial charge in [0, 0.05) is 22.3 Å². The van der Waals surface area contributed by atoms with Gasteiger partial charge in [0.25, 0.3) is 0 Å². The Kier molecular flexibility index (Phi) is 5.54. The van der Waals surface area contributed by atoms with Crippen LogP contribution in [-0.4, -0.2) is 4.57 Å². The van der Waals surface area contributed by atoms with Crippen molar-refractivity contribution in [3.05, 3.63) is 148 Å². The third-order valence-corrected chi connectivity index (χ3v) is 9.82. The van der Waals surface area contributed by atoms with Gasteiger partial charge >= 0.3 is 0 Å². The topological polar surface area (TPSA) is 4.93 Å². The van der Waals surface area contributed by atoms with E-state index < -0.39 is 0 Å². The molecule has 0 fully saturated rings. The standard InChI is InChI=1S/C42H39N/c1-41(2,3)27-20-21-29-26(24-27)25-34-30(29)22-23-35(42(4,5)6)38(34)39-32-17-11-10-16-31(32)37-33-18-12-13-19-36(33)43(40(37)39)28-14-8-7-9-15-28/h7-24,39H,25H2,1-6H3. The lowest BCUT2D eigenvalue weighted by Gasteiger charge is -2.30. The van der Waals surface area contributed by atoms with E-state index in [0.717, 1.165) is 6.42 Å². The maximum Gasteiger partial charge on any atom is 0.0538 e. The predicted molar refractivity (Wildman–Crippen MR) is 182 cm³/mol. The molecule has 2 aliphatic carbocycles. The highest BCUT2D eigenvalue weighted by Crippen LogP contribution is 2.57. The maximum atomic E-state index is 2.56. The van der Waals surface area contributed by atoms with Crippen LogP contribution in [0.2, 0.25) is 0 Å². The lowest BCUT2D eigenvalue weighted by atomic mass is 9.75. The summed E-state index contributed by atoms with van der Waals surface area (Å²) in [5, 5.41) is 1.33. The summed E-state index contributed by atoms with van der Waals surface area (Å²) in [6.45, 7) is 14.1. The summed E-state index contributed by atoms with van der Waals surface area (Å²) in [5.74, 6) is 0.138. The van der Waals surface area contributed by atoms with Gasteiger partial charge in [-0.25, -0.2) is 0 Å². The second-order valence-corrected chi connectivity index (χ2v) is 14.6. The van der Waals surface area contributed by atoms with Crippen molar-refractivity contribution in [2.45, 2.75) is 64.7 Å². The summed E-state index contributed by atoms with van der Waals surface area (Å²) in [4.78, 5) is 0. The van der Waals surface area contributed by atoms with Gasteiger partial charge in [-0.2, -0.15) is 0 Å². The zero-order chi connectivity index (χ0) is 29.7. The van der Waals surface area contributed by atoms with Crippen LogP contribution in [0.25, 0.3) is 38.8 Å². The molecule has 1 heteroatoms. The van der Waals surface area contributed by atoms with Crippen LogP contribution in [0.5, 0.6) is 0 Å². The Hall–Kier alpha value is -4.36. The molecule has 0 aliphatic heterocycles. The van der Waals surface area contributed by atoms with Gasteiger partial charge in [-0.1, -0.05) is 133 Å². The lowest BCUT2D eigenvalue weighted by Crippen LogP contribution is -2.19. The number of nitrogens with zero attached hydrogens (tertiary/aromatic N) is 1. The minimum atomic E-state index is -0.00298. The highest BCUT2D eigenvalue weighted by Gasteiger charge is 2.41. The van der Waals surface area contributed by atoms with Gasteiger partial charge in [-0.05, 0) is 85.5 Å². The third kappa shape index (κ3) is 3.84. The molecule has 1 atom stereocenters. The molecular formula is C42H39N. The van der Waals surface area contributed by atoms with Gasteiger partial charge in [0.2, 0.25) is 0 Å². The molecule has 43 heavy (non-hydrogen) atoms. The van der Waals surface area contributed by atoms with E-state index in [2.05, 4.69) is 155 Å². The van der Waals surface area contributed by atoms with E-state index in [1.54, 1.807) is 0 Å². The van der Waals surface area contributed by atoms with Crippen molar-refractivity contribution in [1.29, 1.82) is 0 Å². The largest absolute Gasteiger partial charge is 0.312 e. The maximum absolute atomic E-state index is 2.56. The first-order valence-electron chi connectivity index (χ1n) is 15.7. The number of hydrogen-bond acceptors (Lipinski definition) is 0. The number of fused-ring (bicyclic) bond motifs is 8. The number of para-hydroxylation sites is 2. The van der Waals surface area contributed by atoms with Crippen LogP contribution in [0, 0.1) is 0 Å². The predicted octanol–water partition coefficient (Wildman–Crippen LogP) is 11.0. The number of hydrogen-bond donors (Lipinski definition) is 0. The van der Waals surface area contributed by atoms with E-state index in [-0.39, 0.29) is 16.7 Å². The average molecular weight is 558 g/mol. The highest BCUT2D eigenvalue weighted by molar-refractivity contribution is 6.03. The fraction of sp³-hybridized carbons (Fsp3) is 0.238. The van der Waals surface area contributed by atoms with Crippen molar-refractivity contribution >= 4 is 10.9 Å². The van der Waals surface area contributed by atoms with E-state index in [4.69, 9.17) is 0 Å². The van der Waals surface area contributed by atoms with Crippen LogP contribution in [0.4, 0.5) is 0 Å². The van der Waals surface area contributed by atoms with E-state index in [1.165, 1.54) is 77.9 Å². The Labute approximate surface area is 255 Å². The molecule has 0 saturated heterocycles. The second kappa shape index (κ2) is 9.07. The van der Waals surface area contributed by atoms with E-state index in [9.17, 15) is 0 Å². The minimum Gasteiger partial charge on any atom is -0.312 e. The molecular weight excluding hydrogens is 518 g/mol. The van der Waals surface area contributed by atoms with Crippen molar-refractivity contribution in [1.82, 2.24) is 4.57 Å². The van der Waals surface area contributed by atoms with Crippen LogP contribution in [0.1, 0.15) is 86.5 Å². The summed E-state index contributed by atoms with van der Waals surface area (Å²) < 4.78 is 2.56. The van der Waals surface area contributed by atoms with Crippen molar-refractivity contribution < 1.29 is 0 Å². The zero-order valence-electron chi connectivity index (χ0n) is 26.1. The lowest BCUT2D eigenvalue weighted by molar-refractivity contribution is 0.579. The first-order valence-corrected chi connectivity index (χ1v) is 15.7. The second-order valence-electron chi connectivity index (χ2n) is 14.6. The first-order chi connectivity index (χ1) is 20.6. The van der Waals surface area contributed by atoms with Crippen molar-refractivity contribution in [2.75, 3.05) is 0 Å². The van der Waals surface area contributed by atoms with Gasteiger partial charge in [-0.15, -0.1) is 0 Å². The molecule has 1 heterocycles. The van der Waals surface area contributed by atoms with Crippen molar-refractivity contribution in [3.63, 3.8) is 0 Å². The molecule has 1 nitrogen and oxygen atoms in total. The smallest absolute Gasteiger partial charge is 0.0538 e. The first kappa shape index (κ1) is 26.3. The minimum absolute atomic E-state index is 0.00298. The molecule has 0 N–H and O–H groups in total. The Morgan fingerprint density at radius 1 is 0.628 bits per heavy atom.